The smallest absolute Gasteiger partial charge is 0.354 e. The average Bonchev–Trinajstić information content (AvgIpc) is 3.58. The first-order valence-electron chi connectivity index (χ1n) is 17.1. The van der Waals surface area contributed by atoms with Crippen molar-refractivity contribution in [2.75, 3.05) is 25.2 Å². The fourth-order valence-electron chi connectivity index (χ4n) is 7.64. The number of para-hydroxylation sites is 1. The molecule has 10 nitrogen and oxygen atoms in total. The molecule has 0 unspecified atom stereocenters. The number of carboxylic acid groups (broad SMARTS) is 1. The van der Waals surface area contributed by atoms with Crippen LogP contribution in [-0.2, 0) is 13.5 Å². The molecular weight excluding hydrogens is 701 g/mol. The number of nitrogens with zero attached hydrogens (tertiary/aromatic N) is 5. The van der Waals surface area contributed by atoms with Crippen molar-refractivity contribution in [1.82, 2.24) is 19.3 Å². The van der Waals surface area contributed by atoms with Gasteiger partial charge < -0.3 is 24.0 Å². The van der Waals surface area contributed by atoms with E-state index < -0.39 is 5.97 Å². The second-order valence-electron chi connectivity index (χ2n) is 13.5. The molecule has 0 fully saturated rings. The number of carboxylic acids is 1. The van der Waals surface area contributed by atoms with Crippen molar-refractivity contribution < 1.29 is 24.2 Å². The summed E-state index contributed by atoms with van der Waals surface area (Å²) in [6, 6.07) is 14.4. The van der Waals surface area contributed by atoms with Gasteiger partial charge in [0.2, 0.25) is 0 Å². The van der Waals surface area contributed by atoms with Gasteiger partial charge in [0.15, 0.2) is 5.69 Å². The summed E-state index contributed by atoms with van der Waals surface area (Å²) in [5.41, 5.74) is 8.52. The van der Waals surface area contributed by atoms with Crippen molar-refractivity contribution in [3.05, 3.63) is 98.0 Å². The largest absolute Gasteiger partial charge is 0.496 e. The van der Waals surface area contributed by atoms with Crippen LogP contribution in [0.25, 0.3) is 32.9 Å². The number of rotatable bonds is 9. The van der Waals surface area contributed by atoms with Crippen LogP contribution in [0.2, 0.25) is 10.0 Å². The molecule has 268 valence electrons. The maximum Gasteiger partial charge on any atom is 0.354 e. The molecule has 0 radical (unpaired) electrons. The predicted octanol–water partition coefficient (Wildman–Crippen LogP) is 9.07. The number of amides is 1. The summed E-state index contributed by atoms with van der Waals surface area (Å²) in [4.78, 5) is 33.3. The molecule has 1 atom stereocenters. The summed E-state index contributed by atoms with van der Waals surface area (Å²) in [7, 11) is 3.40. The Kier molecular flexibility index (Phi) is 9.17. The number of methoxy groups -OCH3 is 1. The van der Waals surface area contributed by atoms with Gasteiger partial charge in [0, 0.05) is 58.3 Å². The topological polar surface area (TPSA) is 112 Å². The number of fused-ring (bicyclic) bond motifs is 4. The standard InChI is InChI=1S/C40H39Cl2N5O5/c1-20-16-25(17-21(2)35(20)42)52-15-9-11-26-27-13-14-29(41)34(33-23(4)44-45(6)24(33)5)37(27)47-22(3)19-46(39(48)38(26)47)31-12-8-10-28-32(51-7)18-30(40(49)50)43-36(28)31/h8,10,12-14,16-18,22H,9,11,15,19H2,1-7H3,(H,49,50)/t22-/m1/s1. The summed E-state index contributed by atoms with van der Waals surface area (Å²) in [5.74, 6) is -0.295. The number of hydrogen-bond acceptors (Lipinski definition) is 6. The molecule has 0 bridgehead atoms. The van der Waals surface area contributed by atoms with E-state index >= 15 is 4.79 Å². The lowest BCUT2D eigenvalue weighted by molar-refractivity contribution is 0.0690. The van der Waals surface area contributed by atoms with Crippen molar-refractivity contribution in [2.24, 2.45) is 7.05 Å². The highest BCUT2D eigenvalue weighted by Crippen LogP contribution is 2.46. The van der Waals surface area contributed by atoms with Crippen molar-refractivity contribution in [1.29, 1.82) is 0 Å². The lowest BCUT2D eigenvalue weighted by atomic mass is 9.98. The molecule has 1 amide bonds. The number of aryl methyl sites for hydroxylation is 5. The Balaban J connectivity index is 1.39. The number of benzene rings is 3. The van der Waals surface area contributed by atoms with Gasteiger partial charge in [-0.15, -0.1) is 0 Å². The molecule has 0 aliphatic carbocycles. The first-order valence-corrected chi connectivity index (χ1v) is 17.9. The Morgan fingerprint density at radius 2 is 1.75 bits per heavy atom. The lowest BCUT2D eigenvalue weighted by Gasteiger charge is -2.34. The summed E-state index contributed by atoms with van der Waals surface area (Å²) < 4.78 is 15.7. The van der Waals surface area contributed by atoms with E-state index in [-0.39, 0.29) is 17.6 Å². The van der Waals surface area contributed by atoms with Crippen LogP contribution in [0.4, 0.5) is 5.69 Å². The van der Waals surface area contributed by atoms with Gasteiger partial charge in [0.25, 0.3) is 5.91 Å². The molecular formula is C40H39Cl2N5O5. The average molecular weight is 741 g/mol. The third-order valence-electron chi connectivity index (χ3n) is 10.1. The Morgan fingerprint density at radius 3 is 2.40 bits per heavy atom. The lowest BCUT2D eigenvalue weighted by Crippen LogP contribution is -2.43. The molecule has 1 aliphatic heterocycles. The van der Waals surface area contributed by atoms with E-state index in [0.717, 1.165) is 60.9 Å². The van der Waals surface area contributed by atoms with Crippen LogP contribution in [0.5, 0.6) is 11.5 Å². The normalized spacial score (nSPS) is 14.4. The van der Waals surface area contributed by atoms with Crippen LogP contribution in [0.1, 0.15) is 68.4 Å². The minimum atomic E-state index is -1.19. The second kappa shape index (κ2) is 13.5. The van der Waals surface area contributed by atoms with Gasteiger partial charge >= 0.3 is 5.97 Å². The first kappa shape index (κ1) is 35.3. The van der Waals surface area contributed by atoms with Gasteiger partial charge in [0.1, 0.15) is 17.2 Å². The fraction of sp³-hybridized carbons (Fsp3) is 0.300. The zero-order chi connectivity index (χ0) is 37.2. The highest BCUT2D eigenvalue weighted by molar-refractivity contribution is 6.35. The highest BCUT2D eigenvalue weighted by atomic mass is 35.5. The van der Waals surface area contributed by atoms with Crippen molar-refractivity contribution in [3.63, 3.8) is 0 Å². The van der Waals surface area contributed by atoms with Gasteiger partial charge in [0.05, 0.1) is 41.2 Å². The van der Waals surface area contributed by atoms with E-state index in [2.05, 4.69) is 16.5 Å². The Hall–Kier alpha value is -5.06. The molecule has 0 saturated carbocycles. The molecule has 7 rings (SSSR count). The Bertz CT molecular complexity index is 2430. The van der Waals surface area contributed by atoms with Crippen molar-refractivity contribution in [3.8, 4) is 22.6 Å². The van der Waals surface area contributed by atoms with Crippen LogP contribution in [-0.4, -0.2) is 56.6 Å². The summed E-state index contributed by atoms with van der Waals surface area (Å²) in [6.07, 6.45) is 1.18. The zero-order valence-corrected chi connectivity index (χ0v) is 31.6. The van der Waals surface area contributed by atoms with Crippen LogP contribution in [0.15, 0.2) is 48.5 Å². The Morgan fingerprint density at radius 1 is 1.02 bits per heavy atom. The minimum Gasteiger partial charge on any atom is -0.496 e. The van der Waals surface area contributed by atoms with Gasteiger partial charge in [-0.05, 0) is 94.5 Å². The quantitative estimate of drug-likeness (QED) is 0.147. The van der Waals surface area contributed by atoms with Gasteiger partial charge in [-0.3, -0.25) is 9.48 Å². The molecule has 6 aromatic rings. The van der Waals surface area contributed by atoms with Crippen molar-refractivity contribution in [2.45, 2.75) is 53.5 Å². The predicted molar refractivity (Wildman–Crippen MR) is 205 cm³/mol. The molecule has 52 heavy (non-hydrogen) atoms. The second-order valence-corrected chi connectivity index (χ2v) is 14.2. The van der Waals surface area contributed by atoms with E-state index in [0.29, 0.717) is 59.0 Å². The third-order valence-corrected chi connectivity index (χ3v) is 11.0. The minimum absolute atomic E-state index is 0.170. The summed E-state index contributed by atoms with van der Waals surface area (Å²) >= 11 is 13.5. The SMILES string of the molecule is COc1cc(C(=O)O)nc2c(N3C[C@@H](C)n4c(c(CCCOc5cc(C)c(Cl)c(C)c5)c5ccc(Cl)c(-c6c(C)nn(C)c6C)c54)C3=O)cccc12. The molecule has 3 aromatic carbocycles. The van der Waals surface area contributed by atoms with Crippen LogP contribution in [0, 0.1) is 27.7 Å². The maximum absolute atomic E-state index is 15.0. The van der Waals surface area contributed by atoms with E-state index in [1.165, 1.54) is 13.2 Å². The molecule has 12 heteroatoms. The van der Waals surface area contributed by atoms with E-state index in [1.807, 2.05) is 75.8 Å². The number of ether oxygens (including phenoxy) is 2. The molecule has 1 N–H and O–H groups in total. The molecule has 1 aliphatic rings. The molecule has 0 saturated heterocycles. The molecule has 0 spiro atoms. The van der Waals surface area contributed by atoms with Gasteiger partial charge in [-0.25, -0.2) is 9.78 Å². The maximum atomic E-state index is 15.0. The van der Waals surface area contributed by atoms with E-state index in [1.54, 1.807) is 11.0 Å². The van der Waals surface area contributed by atoms with Crippen molar-refractivity contribution >= 4 is 62.6 Å². The monoisotopic (exact) mass is 739 g/mol. The van der Waals surface area contributed by atoms with E-state index in [4.69, 9.17) is 37.8 Å². The van der Waals surface area contributed by atoms with E-state index in [9.17, 15) is 9.90 Å². The number of hydrogen-bond donors (Lipinski definition) is 1. The van der Waals surface area contributed by atoms with Gasteiger partial charge in [-0.1, -0.05) is 35.3 Å². The van der Waals surface area contributed by atoms with Gasteiger partial charge in [-0.2, -0.15) is 5.10 Å². The fourth-order valence-corrected chi connectivity index (χ4v) is 7.99. The number of carbonyl (C=O) groups excluding carboxylic acids is 1. The molecule has 4 heterocycles. The van der Waals surface area contributed by atoms with Crippen LogP contribution < -0.4 is 14.4 Å². The number of anilines is 1. The van der Waals surface area contributed by atoms with Crippen LogP contribution >= 0.6 is 23.2 Å². The summed E-state index contributed by atoms with van der Waals surface area (Å²) in [6.45, 7) is 10.7. The number of pyridine rings is 1. The summed E-state index contributed by atoms with van der Waals surface area (Å²) in [5, 5.41) is 17.4. The van der Waals surface area contributed by atoms with Crippen LogP contribution in [0.3, 0.4) is 0 Å². The number of aromatic nitrogens is 4. The Labute approximate surface area is 311 Å². The highest BCUT2D eigenvalue weighted by Gasteiger charge is 2.37. The zero-order valence-electron chi connectivity index (χ0n) is 30.1. The first-order chi connectivity index (χ1) is 24.8. The molecule has 3 aromatic heterocycles. The number of aromatic carboxylic acids is 1. The number of carbonyl (C=O) groups is 2. The number of halogens is 2. The third kappa shape index (κ3) is 5.74.